The number of carbonyl (C=O) groups is 1. The number of oxazole rings is 1. The van der Waals surface area contributed by atoms with E-state index in [0.717, 1.165) is 10.4 Å². The van der Waals surface area contributed by atoms with Gasteiger partial charge in [0.2, 0.25) is 5.91 Å². The molecule has 0 fully saturated rings. The van der Waals surface area contributed by atoms with Gasteiger partial charge < -0.3 is 9.73 Å². The number of nitrogens with one attached hydrogen (secondary N) is 1. The zero-order chi connectivity index (χ0) is 18.8. The number of benzene rings is 2. The molecule has 0 radical (unpaired) electrons. The third-order valence-electron chi connectivity index (χ3n) is 4.20. The van der Waals surface area contributed by atoms with Crippen LogP contribution in [0, 0.1) is 0 Å². The van der Waals surface area contributed by atoms with Crippen LogP contribution in [-0.2, 0) is 11.3 Å². The average molecular weight is 399 g/mol. The monoisotopic (exact) mass is 398 g/mol. The van der Waals surface area contributed by atoms with Gasteiger partial charge in [-0.15, -0.1) is 11.3 Å². The number of halogens is 1. The highest BCUT2D eigenvalue weighted by Gasteiger charge is 2.19. The highest BCUT2D eigenvalue weighted by atomic mass is 35.5. The van der Waals surface area contributed by atoms with Crippen molar-refractivity contribution < 1.29 is 9.21 Å². The fraction of sp³-hybridized carbons (Fsp3) is 0.100. The zero-order valence-corrected chi connectivity index (χ0v) is 15.7. The summed E-state index contributed by atoms with van der Waals surface area (Å²) in [5.74, 6) is -0.869. The van der Waals surface area contributed by atoms with Crippen molar-refractivity contribution in [3.8, 4) is 0 Å². The fourth-order valence-corrected chi connectivity index (χ4v) is 3.92. The van der Waals surface area contributed by atoms with Crippen LogP contribution in [0.4, 0.5) is 0 Å². The second-order valence-corrected chi connectivity index (χ2v) is 7.41. The summed E-state index contributed by atoms with van der Waals surface area (Å²) in [6.45, 7) is -0.137. The molecule has 0 spiro atoms. The molecule has 1 atom stereocenters. The van der Waals surface area contributed by atoms with Crippen molar-refractivity contribution in [1.29, 1.82) is 0 Å². The molecule has 5 nitrogen and oxygen atoms in total. The second-order valence-electron chi connectivity index (χ2n) is 5.99. The largest absolute Gasteiger partial charge is 0.420 e. The topological polar surface area (TPSA) is 64.2 Å². The Morgan fingerprint density at radius 1 is 1.15 bits per heavy atom. The first-order valence-electron chi connectivity index (χ1n) is 8.28. The number of thiophene rings is 1. The average Bonchev–Trinajstić information content (AvgIpc) is 3.29. The number of nitrogens with zero attached hydrogens (tertiary/aromatic N) is 1. The first-order chi connectivity index (χ1) is 13.1. The number of fused-ring (bicyclic) bond motifs is 1. The lowest BCUT2D eigenvalue weighted by Gasteiger charge is -2.18. The Bertz CT molecular complexity index is 1130. The molecule has 0 aliphatic rings. The molecule has 2 aromatic heterocycles. The van der Waals surface area contributed by atoms with Gasteiger partial charge in [0.15, 0.2) is 5.58 Å². The van der Waals surface area contributed by atoms with Crippen molar-refractivity contribution in [3.63, 3.8) is 0 Å². The van der Waals surface area contributed by atoms with E-state index < -0.39 is 5.76 Å². The molecule has 0 saturated carbocycles. The second kappa shape index (κ2) is 7.42. The third-order valence-corrected chi connectivity index (χ3v) is 5.37. The van der Waals surface area contributed by atoms with Gasteiger partial charge in [0.1, 0.15) is 6.54 Å². The molecule has 136 valence electrons. The van der Waals surface area contributed by atoms with Crippen LogP contribution >= 0.6 is 22.9 Å². The molecule has 0 saturated heterocycles. The van der Waals surface area contributed by atoms with Crippen LogP contribution < -0.4 is 11.1 Å². The summed E-state index contributed by atoms with van der Waals surface area (Å²) in [4.78, 5) is 25.9. The van der Waals surface area contributed by atoms with Gasteiger partial charge in [0.25, 0.3) is 0 Å². The Kier molecular flexibility index (Phi) is 4.83. The maximum absolute atomic E-state index is 12.7. The minimum Gasteiger partial charge on any atom is -0.408 e. The minimum atomic E-state index is -0.588. The predicted molar refractivity (Wildman–Crippen MR) is 106 cm³/mol. The lowest BCUT2D eigenvalue weighted by Crippen LogP contribution is -2.33. The van der Waals surface area contributed by atoms with Crippen LogP contribution in [0.3, 0.4) is 0 Å². The van der Waals surface area contributed by atoms with Crippen molar-refractivity contribution in [2.75, 3.05) is 0 Å². The van der Waals surface area contributed by atoms with Gasteiger partial charge in [0.05, 0.1) is 11.6 Å². The normalized spacial score (nSPS) is 12.2. The molecule has 0 aliphatic carbocycles. The fourth-order valence-electron chi connectivity index (χ4n) is 2.96. The Hall–Kier alpha value is -2.83. The van der Waals surface area contributed by atoms with Gasteiger partial charge in [-0.25, -0.2) is 4.79 Å². The van der Waals surface area contributed by atoms with Gasteiger partial charge in [-0.1, -0.05) is 48.0 Å². The number of hydrogen-bond acceptors (Lipinski definition) is 4. The molecule has 4 aromatic rings. The quantitative estimate of drug-likeness (QED) is 0.547. The summed E-state index contributed by atoms with van der Waals surface area (Å²) in [6.07, 6.45) is 0. The third kappa shape index (κ3) is 3.67. The maximum atomic E-state index is 12.7. The van der Waals surface area contributed by atoms with Crippen molar-refractivity contribution >= 4 is 39.9 Å². The molecule has 0 bridgehead atoms. The molecule has 7 heteroatoms. The first kappa shape index (κ1) is 17.6. The van der Waals surface area contributed by atoms with E-state index in [0.29, 0.717) is 16.1 Å². The van der Waals surface area contributed by atoms with Crippen LogP contribution in [0.25, 0.3) is 11.1 Å². The molecule has 1 unspecified atom stereocenters. The number of hydrogen-bond donors (Lipinski definition) is 1. The number of carbonyl (C=O) groups excluding carboxylic acids is 1. The predicted octanol–water partition coefficient (Wildman–Crippen LogP) is 4.22. The van der Waals surface area contributed by atoms with E-state index in [-0.39, 0.29) is 18.5 Å². The highest BCUT2D eigenvalue weighted by molar-refractivity contribution is 7.10. The Morgan fingerprint density at radius 3 is 2.70 bits per heavy atom. The van der Waals surface area contributed by atoms with Gasteiger partial charge in [0, 0.05) is 16.0 Å². The highest BCUT2D eigenvalue weighted by Crippen LogP contribution is 2.26. The Balaban J connectivity index is 1.61. The van der Waals surface area contributed by atoms with Crippen LogP contribution in [0.5, 0.6) is 0 Å². The molecule has 2 heterocycles. The first-order valence-corrected chi connectivity index (χ1v) is 9.54. The zero-order valence-electron chi connectivity index (χ0n) is 14.1. The van der Waals surface area contributed by atoms with Crippen molar-refractivity contribution in [3.05, 3.63) is 92.1 Å². The molecule has 27 heavy (non-hydrogen) atoms. The van der Waals surface area contributed by atoms with Crippen LogP contribution in [-0.4, -0.2) is 10.5 Å². The molecule has 1 amide bonds. The molecule has 4 rings (SSSR count). The van der Waals surface area contributed by atoms with Crippen LogP contribution in [0.1, 0.15) is 16.5 Å². The Labute approximate surface area is 163 Å². The molecule has 1 N–H and O–H groups in total. The lowest BCUT2D eigenvalue weighted by atomic mass is 10.1. The number of aromatic nitrogens is 1. The number of amides is 1. The van der Waals surface area contributed by atoms with Crippen LogP contribution in [0.2, 0.25) is 5.02 Å². The summed E-state index contributed by atoms with van der Waals surface area (Å²) in [5, 5.41) is 5.46. The maximum Gasteiger partial charge on any atom is 0.420 e. The summed E-state index contributed by atoms with van der Waals surface area (Å²) in [5.41, 5.74) is 1.87. The van der Waals surface area contributed by atoms with Crippen LogP contribution in [0.15, 0.2) is 75.3 Å². The van der Waals surface area contributed by atoms with E-state index >= 15 is 0 Å². The van der Waals surface area contributed by atoms with Gasteiger partial charge in [-0.3, -0.25) is 9.36 Å². The lowest BCUT2D eigenvalue weighted by molar-refractivity contribution is -0.122. The van der Waals surface area contributed by atoms with E-state index in [4.69, 9.17) is 16.0 Å². The van der Waals surface area contributed by atoms with E-state index in [1.165, 1.54) is 4.57 Å². The summed E-state index contributed by atoms with van der Waals surface area (Å²) in [7, 11) is 0. The smallest absolute Gasteiger partial charge is 0.408 e. The van der Waals surface area contributed by atoms with Gasteiger partial charge in [-0.2, -0.15) is 0 Å². The summed E-state index contributed by atoms with van der Waals surface area (Å²) < 4.78 is 6.49. The number of rotatable bonds is 5. The molecular formula is C20H15ClN2O3S. The molecule has 2 aromatic carbocycles. The van der Waals surface area contributed by atoms with Gasteiger partial charge >= 0.3 is 5.76 Å². The summed E-state index contributed by atoms with van der Waals surface area (Å²) in [6, 6.07) is 18.3. The van der Waals surface area contributed by atoms with E-state index in [1.807, 2.05) is 47.8 Å². The molecule has 0 aliphatic heterocycles. The SMILES string of the molecule is O=C(Cn1c(=O)oc2cc(Cl)ccc21)NC(c1ccccc1)c1cccs1. The van der Waals surface area contributed by atoms with E-state index in [1.54, 1.807) is 29.5 Å². The van der Waals surface area contributed by atoms with E-state index in [9.17, 15) is 9.59 Å². The Morgan fingerprint density at radius 2 is 1.96 bits per heavy atom. The standard InChI is InChI=1S/C20H15ClN2O3S/c21-14-8-9-15-16(11-14)26-20(25)23(15)12-18(24)22-19(17-7-4-10-27-17)13-5-2-1-3-6-13/h1-11,19H,12H2,(H,22,24). The summed E-state index contributed by atoms with van der Waals surface area (Å²) >= 11 is 7.50. The minimum absolute atomic E-state index is 0.137. The molecular weight excluding hydrogens is 384 g/mol. The van der Waals surface area contributed by atoms with E-state index in [2.05, 4.69) is 5.32 Å². The van der Waals surface area contributed by atoms with Crippen molar-refractivity contribution in [2.45, 2.75) is 12.6 Å². The van der Waals surface area contributed by atoms with Crippen molar-refractivity contribution in [2.24, 2.45) is 0 Å². The van der Waals surface area contributed by atoms with Crippen molar-refractivity contribution in [1.82, 2.24) is 9.88 Å². The van der Waals surface area contributed by atoms with Gasteiger partial charge in [-0.05, 0) is 29.1 Å².